The molecule has 150 valence electrons. The molecule has 1 unspecified atom stereocenters. The Balaban J connectivity index is 0.000000892. The number of aliphatic carboxylic acids is 2. The number of anilines is 1. The van der Waals surface area contributed by atoms with Crippen LogP contribution in [-0.2, 0) is 9.59 Å². The third-order valence-corrected chi connectivity index (χ3v) is 3.85. The number of nitrogens with one attached hydrogen (secondary N) is 2. The van der Waals surface area contributed by atoms with Crippen molar-refractivity contribution in [1.29, 1.82) is 5.41 Å². The number of hydrogen-bond donors (Lipinski definition) is 5. The Hall–Kier alpha value is -3.55. The van der Waals surface area contributed by atoms with E-state index in [1.54, 1.807) is 31.4 Å². The molecule has 0 saturated carbocycles. The molecule has 0 heterocycles. The summed E-state index contributed by atoms with van der Waals surface area (Å²) in [5.41, 5.74) is 9.03. The number of benzene rings is 2. The summed E-state index contributed by atoms with van der Waals surface area (Å²) in [7, 11) is 1.59. The van der Waals surface area contributed by atoms with Gasteiger partial charge in [-0.05, 0) is 66.9 Å². The van der Waals surface area contributed by atoms with Gasteiger partial charge in [0, 0.05) is 18.2 Å². The van der Waals surface area contributed by atoms with Crippen molar-refractivity contribution >= 4 is 23.5 Å². The van der Waals surface area contributed by atoms with E-state index in [0.29, 0.717) is 16.8 Å². The molecule has 0 aliphatic carbocycles. The number of carboxylic acids is 2. The van der Waals surface area contributed by atoms with E-state index in [4.69, 9.17) is 25.8 Å². The second-order valence-electron chi connectivity index (χ2n) is 6.10. The first-order valence-electron chi connectivity index (χ1n) is 8.35. The monoisotopic (exact) mass is 387 g/mol. The van der Waals surface area contributed by atoms with Crippen LogP contribution >= 0.6 is 0 Å². The molecule has 2 aromatic carbocycles. The molecular formula is C20H25N3O5. The van der Waals surface area contributed by atoms with Gasteiger partial charge < -0.3 is 26.0 Å². The summed E-state index contributed by atoms with van der Waals surface area (Å²) in [4.78, 5) is 20.7. The minimum atomic E-state index is -0.974. The number of amidine groups is 1. The highest BCUT2D eigenvalue weighted by Gasteiger charge is 2.22. The van der Waals surface area contributed by atoms with Crippen molar-refractivity contribution in [1.82, 2.24) is 0 Å². The van der Waals surface area contributed by atoms with Crippen LogP contribution in [0.3, 0.4) is 0 Å². The summed E-state index contributed by atoms with van der Waals surface area (Å²) in [5.74, 6) is -1.11. The van der Waals surface area contributed by atoms with Crippen LogP contribution in [0.15, 0.2) is 36.4 Å². The second-order valence-corrected chi connectivity index (χ2v) is 6.10. The zero-order valence-electron chi connectivity index (χ0n) is 16.2. The van der Waals surface area contributed by atoms with Gasteiger partial charge in [-0.2, -0.15) is 0 Å². The van der Waals surface area contributed by atoms with Crippen LogP contribution in [0.5, 0.6) is 5.75 Å². The third kappa shape index (κ3) is 6.31. The molecule has 0 bridgehead atoms. The highest BCUT2D eigenvalue weighted by molar-refractivity contribution is 5.95. The molecule has 0 aromatic heterocycles. The summed E-state index contributed by atoms with van der Waals surface area (Å²) in [5, 5.41) is 27.4. The van der Waals surface area contributed by atoms with Gasteiger partial charge in [0.2, 0.25) is 0 Å². The third-order valence-electron chi connectivity index (χ3n) is 3.85. The summed E-state index contributed by atoms with van der Waals surface area (Å²) in [6.07, 6.45) is 0. The van der Waals surface area contributed by atoms with Gasteiger partial charge in [-0.15, -0.1) is 0 Å². The van der Waals surface area contributed by atoms with Crippen LogP contribution in [0.4, 0.5) is 5.69 Å². The number of carboxylic acid groups (broad SMARTS) is 2. The molecule has 0 aliphatic rings. The van der Waals surface area contributed by atoms with E-state index in [2.05, 4.69) is 5.32 Å². The predicted molar refractivity (Wildman–Crippen MR) is 107 cm³/mol. The smallest absolute Gasteiger partial charge is 0.330 e. The maximum absolute atomic E-state index is 11.7. The number of ether oxygens (including phenoxy) is 1. The van der Waals surface area contributed by atoms with Crippen LogP contribution in [-0.4, -0.2) is 35.1 Å². The van der Waals surface area contributed by atoms with Gasteiger partial charge >= 0.3 is 5.97 Å². The van der Waals surface area contributed by atoms with Crippen molar-refractivity contribution in [2.75, 3.05) is 12.4 Å². The molecule has 0 fully saturated rings. The Morgan fingerprint density at radius 2 is 1.64 bits per heavy atom. The van der Waals surface area contributed by atoms with Crippen LogP contribution < -0.4 is 15.8 Å². The van der Waals surface area contributed by atoms with Crippen molar-refractivity contribution in [3.63, 3.8) is 0 Å². The molecule has 0 spiro atoms. The lowest BCUT2D eigenvalue weighted by atomic mass is 9.97. The number of hydrogen-bond acceptors (Lipinski definition) is 5. The number of nitrogen functional groups attached to an aromatic ring is 1. The van der Waals surface area contributed by atoms with Crippen molar-refractivity contribution in [2.45, 2.75) is 26.8 Å². The standard InChI is InChI=1S/C18H21N3O3.C2H4O2/c1-10-9-15(24-3)11(2)8-14(10)16(18(22)23)21-13-6-4-12(5-7-13)17(19)20;1-2(3)4/h4-9,16,21H,1-3H3,(H3,19,20)(H,22,23);1H3,(H,3,4). The zero-order valence-corrected chi connectivity index (χ0v) is 16.2. The molecule has 0 aliphatic heterocycles. The first-order chi connectivity index (χ1) is 13.1. The minimum Gasteiger partial charge on any atom is -0.496 e. The summed E-state index contributed by atoms with van der Waals surface area (Å²) in [6, 6.07) is 9.53. The molecule has 6 N–H and O–H groups in total. The minimum absolute atomic E-state index is 0.0297. The predicted octanol–water partition coefficient (Wildman–Crippen LogP) is 2.92. The molecular weight excluding hydrogens is 362 g/mol. The van der Waals surface area contributed by atoms with Gasteiger partial charge in [-0.25, -0.2) is 4.79 Å². The molecule has 0 amide bonds. The first kappa shape index (κ1) is 22.5. The number of carbonyl (C=O) groups is 2. The Kier molecular flexibility index (Phi) is 8.00. The highest BCUT2D eigenvalue weighted by Crippen LogP contribution is 2.29. The normalized spacial score (nSPS) is 10.9. The van der Waals surface area contributed by atoms with Crippen LogP contribution in [0, 0.1) is 19.3 Å². The Morgan fingerprint density at radius 1 is 1.11 bits per heavy atom. The van der Waals surface area contributed by atoms with Gasteiger partial charge in [0.1, 0.15) is 11.6 Å². The SMILES string of the molecule is CC(=O)O.COc1cc(C)c(C(Nc2ccc(C(=N)N)cc2)C(=O)O)cc1C. The van der Waals surface area contributed by atoms with Crippen LogP contribution in [0.1, 0.15) is 35.2 Å². The lowest BCUT2D eigenvalue weighted by Gasteiger charge is -2.20. The number of aryl methyl sites for hydroxylation is 2. The average molecular weight is 387 g/mol. The highest BCUT2D eigenvalue weighted by atomic mass is 16.5. The topological polar surface area (TPSA) is 146 Å². The fourth-order valence-corrected chi connectivity index (χ4v) is 2.53. The van der Waals surface area contributed by atoms with Crippen molar-refractivity contribution < 1.29 is 24.5 Å². The van der Waals surface area contributed by atoms with Gasteiger partial charge in [-0.1, -0.05) is 0 Å². The Bertz CT molecular complexity index is 859. The Morgan fingerprint density at radius 3 is 2.07 bits per heavy atom. The summed E-state index contributed by atoms with van der Waals surface area (Å²) < 4.78 is 5.28. The van der Waals surface area contributed by atoms with Crippen LogP contribution in [0.25, 0.3) is 0 Å². The lowest BCUT2D eigenvalue weighted by Crippen LogP contribution is -2.22. The number of nitrogens with two attached hydrogens (primary N) is 1. The van der Waals surface area contributed by atoms with E-state index in [1.807, 2.05) is 26.0 Å². The van der Waals surface area contributed by atoms with E-state index in [0.717, 1.165) is 23.8 Å². The van der Waals surface area contributed by atoms with Crippen molar-refractivity contribution in [3.05, 3.63) is 58.7 Å². The van der Waals surface area contributed by atoms with Crippen molar-refractivity contribution in [2.24, 2.45) is 5.73 Å². The Labute approximate surface area is 163 Å². The second kappa shape index (κ2) is 9.96. The van der Waals surface area contributed by atoms with Gasteiger partial charge in [-0.3, -0.25) is 10.2 Å². The van der Waals surface area contributed by atoms with E-state index in [-0.39, 0.29) is 5.84 Å². The lowest BCUT2D eigenvalue weighted by molar-refractivity contribution is -0.138. The number of methoxy groups -OCH3 is 1. The molecule has 0 radical (unpaired) electrons. The van der Waals surface area contributed by atoms with Gasteiger partial charge in [0.25, 0.3) is 5.97 Å². The molecule has 28 heavy (non-hydrogen) atoms. The fraction of sp³-hybridized carbons (Fsp3) is 0.250. The molecule has 8 heteroatoms. The summed E-state index contributed by atoms with van der Waals surface area (Å²) >= 11 is 0. The van der Waals surface area contributed by atoms with Crippen molar-refractivity contribution in [3.8, 4) is 5.75 Å². The van der Waals surface area contributed by atoms with E-state index >= 15 is 0 Å². The average Bonchev–Trinajstić information content (AvgIpc) is 2.61. The maximum Gasteiger partial charge on any atom is 0.330 e. The molecule has 8 nitrogen and oxygen atoms in total. The maximum atomic E-state index is 11.7. The first-order valence-corrected chi connectivity index (χ1v) is 8.35. The van der Waals surface area contributed by atoms with E-state index in [1.165, 1.54) is 0 Å². The quantitative estimate of drug-likeness (QED) is 0.378. The summed E-state index contributed by atoms with van der Waals surface area (Å²) in [6.45, 7) is 4.82. The molecule has 2 aromatic rings. The molecule has 1 atom stereocenters. The fourth-order valence-electron chi connectivity index (χ4n) is 2.53. The number of rotatable bonds is 6. The van der Waals surface area contributed by atoms with Gasteiger partial charge in [0.15, 0.2) is 6.04 Å². The molecule has 2 rings (SSSR count). The van der Waals surface area contributed by atoms with Gasteiger partial charge in [0.05, 0.1) is 7.11 Å². The largest absolute Gasteiger partial charge is 0.496 e. The van der Waals surface area contributed by atoms with Crippen LogP contribution in [0.2, 0.25) is 0 Å². The van der Waals surface area contributed by atoms with E-state index in [9.17, 15) is 9.90 Å². The molecule has 0 saturated heterocycles. The van der Waals surface area contributed by atoms with E-state index < -0.39 is 18.0 Å². The zero-order chi connectivity index (χ0) is 21.4.